The van der Waals surface area contributed by atoms with E-state index >= 15 is 0 Å². The summed E-state index contributed by atoms with van der Waals surface area (Å²) in [4.78, 5) is 7.34. The van der Waals surface area contributed by atoms with E-state index in [4.69, 9.17) is 0 Å². The zero-order valence-corrected chi connectivity index (χ0v) is 15.2. The third kappa shape index (κ3) is 3.02. The summed E-state index contributed by atoms with van der Waals surface area (Å²) >= 11 is 1.47. The predicted molar refractivity (Wildman–Crippen MR) is 94.6 cm³/mol. The minimum absolute atomic E-state index is 0.0304. The van der Waals surface area contributed by atoms with E-state index in [0.29, 0.717) is 16.7 Å². The molecule has 0 bridgehead atoms. The highest BCUT2D eigenvalue weighted by atomic mass is 32.1. The van der Waals surface area contributed by atoms with Crippen LogP contribution >= 0.6 is 11.3 Å². The van der Waals surface area contributed by atoms with E-state index in [2.05, 4.69) is 17.0 Å². The van der Waals surface area contributed by atoms with Gasteiger partial charge in [-0.3, -0.25) is 0 Å². The minimum atomic E-state index is -0.244. The topological polar surface area (TPSA) is 54.9 Å². The number of piperidine rings is 1. The van der Waals surface area contributed by atoms with Crippen LogP contribution in [-0.4, -0.2) is 32.8 Å². The number of hydrogen-bond acceptors (Lipinski definition) is 4. The van der Waals surface area contributed by atoms with E-state index in [9.17, 15) is 9.50 Å². The Morgan fingerprint density at radius 2 is 2.12 bits per heavy atom. The van der Waals surface area contributed by atoms with Crippen molar-refractivity contribution in [2.45, 2.75) is 32.7 Å². The largest absolute Gasteiger partial charge is 0.492 e. The predicted octanol–water partition coefficient (Wildman–Crippen LogP) is 2.35. The first kappa shape index (κ1) is 16.5. The lowest BCUT2D eigenvalue weighted by atomic mass is 9.95. The number of aryl methyl sites for hydroxylation is 1. The molecule has 1 saturated heterocycles. The molecule has 3 heterocycles. The van der Waals surface area contributed by atoms with Gasteiger partial charge in [-0.1, -0.05) is 18.3 Å². The molecule has 0 spiro atoms. The van der Waals surface area contributed by atoms with Crippen LogP contribution in [0, 0.1) is 18.7 Å². The molecule has 5 nitrogen and oxygen atoms in total. The standard InChI is InChI=1S/C18H21FN4OS/c1-11-4-3-9-22(10-11)15(13-5-7-14(19)8-6-13)16-17(24)23-18(25-16)20-12(2)21-23/h5-8,11,15,24H,3-4,9-10H2,1-2H3/p+1/t11-,15-/m0/s1. The molecule has 3 atom stereocenters. The molecular formula is C18H22FN4OS+. The number of hydrogen-bond donors (Lipinski definition) is 2. The van der Waals surface area contributed by atoms with Crippen LogP contribution in [0.5, 0.6) is 5.88 Å². The van der Waals surface area contributed by atoms with Crippen LogP contribution in [0.15, 0.2) is 24.3 Å². The Balaban J connectivity index is 1.81. The Morgan fingerprint density at radius 3 is 2.80 bits per heavy atom. The third-order valence-corrected chi connectivity index (χ3v) is 6.07. The molecule has 7 heteroatoms. The van der Waals surface area contributed by atoms with Crippen molar-refractivity contribution in [1.29, 1.82) is 0 Å². The highest BCUT2D eigenvalue weighted by molar-refractivity contribution is 7.17. The van der Waals surface area contributed by atoms with Crippen molar-refractivity contribution in [1.82, 2.24) is 14.6 Å². The summed E-state index contributed by atoms with van der Waals surface area (Å²) in [5.74, 6) is 1.19. The summed E-state index contributed by atoms with van der Waals surface area (Å²) in [6, 6.07) is 6.61. The Morgan fingerprint density at radius 1 is 1.36 bits per heavy atom. The molecule has 1 aromatic carbocycles. The van der Waals surface area contributed by atoms with E-state index in [1.807, 2.05) is 19.1 Å². The fourth-order valence-electron chi connectivity index (χ4n) is 3.86. The van der Waals surface area contributed by atoms with Gasteiger partial charge >= 0.3 is 0 Å². The van der Waals surface area contributed by atoms with Crippen molar-refractivity contribution >= 4 is 16.3 Å². The van der Waals surface area contributed by atoms with Gasteiger partial charge in [0, 0.05) is 11.5 Å². The molecule has 2 N–H and O–H groups in total. The molecular weight excluding hydrogens is 339 g/mol. The van der Waals surface area contributed by atoms with Gasteiger partial charge in [-0.05, 0) is 44.0 Å². The molecule has 0 aliphatic carbocycles. The average Bonchev–Trinajstić information content (AvgIpc) is 3.08. The Kier molecular flexibility index (Phi) is 4.21. The number of fused-ring (bicyclic) bond motifs is 1. The van der Waals surface area contributed by atoms with Gasteiger partial charge in [0.05, 0.1) is 13.1 Å². The Bertz CT molecular complexity index is 889. The van der Waals surface area contributed by atoms with Gasteiger partial charge in [0.25, 0.3) is 0 Å². The van der Waals surface area contributed by atoms with Gasteiger partial charge in [-0.2, -0.15) is 4.52 Å². The molecule has 1 aliphatic heterocycles. The number of nitrogens with zero attached hydrogens (tertiary/aromatic N) is 3. The SMILES string of the molecule is Cc1nc2sc([C@H](c3ccc(F)cc3)[NH+]3CCC[C@H](C)C3)c(O)n2n1. The summed E-state index contributed by atoms with van der Waals surface area (Å²) in [5.41, 5.74) is 1.02. The molecule has 0 radical (unpaired) electrons. The normalized spacial score (nSPS) is 22.4. The number of benzene rings is 1. The Hall–Kier alpha value is -1.99. The molecule has 0 saturated carbocycles. The maximum Gasteiger partial charge on any atom is 0.235 e. The summed E-state index contributed by atoms with van der Waals surface area (Å²) in [7, 11) is 0. The van der Waals surface area contributed by atoms with E-state index in [-0.39, 0.29) is 17.7 Å². The second-order valence-corrected chi connectivity index (χ2v) is 8.00. The van der Waals surface area contributed by atoms with Crippen LogP contribution in [-0.2, 0) is 0 Å². The smallest absolute Gasteiger partial charge is 0.235 e. The number of likely N-dealkylation sites (tertiary alicyclic amines) is 1. The van der Waals surface area contributed by atoms with Crippen molar-refractivity contribution in [3.8, 4) is 5.88 Å². The number of nitrogens with one attached hydrogen (secondary N) is 1. The zero-order valence-electron chi connectivity index (χ0n) is 14.4. The van der Waals surface area contributed by atoms with Crippen molar-refractivity contribution in [2.75, 3.05) is 13.1 Å². The maximum atomic E-state index is 13.4. The van der Waals surface area contributed by atoms with Crippen LogP contribution in [0.3, 0.4) is 0 Å². The average molecular weight is 361 g/mol. The number of thiazole rings is 1. The van der Waals surface area contributed by atoms with Crippen molar-refractivity contribution in [2.24, 2.45) is 5.92 Å². The number of quaternary nitrogens is 1. The molecule has 1 aliphatic rings. The Labute approximate surface area is 149 Å². The first-order valence-electron chi connectivity index (χ1n) is 8.68. The van der Waals surface area contributed by atoms with E-state index in [1.165, 1.54) is 39.3 Å². The highest BCUT2D eigenvalue weighted by Crippen LogP contribution is 2.35. The van der Waals surface area contributed by atoms with Crippen LogP contribution in [0.1, 0.15) is 42.1 Å². The second-order valence-electron chi connectivity index (χ2n) is 6.99. The third-order valence-electron chi connectivity index (χ3n) is 4.98. The molecule has 0 amide bonds. The van der Waals surface area contributed by atoms with Gasteiger partial charge in [-0.25, -0.2) is 9.37 Å². The van der Waals surface area contributed by atoms with Crippen LogP contribution in [0.2, 0.25) is 0 Å². The summed E-state index contributed by atoms with van der Waals surface area (Å²) in [6.45, 7) is 6.16. The van der Waals surface area contributed by atoms with E-state index in [0.717, 1.165) is 30.0 Å². The molecule has 1 fully saturated rings. The van der Waals surface area contributed by atoms with Gasteiger partial charge in [0.2, 0.25) is 10.8 Å². The molecule has 2 aromatic heterocycles. The first-order chi connectivity index (χ1) is 12.0. The van der Waals surface area contributed by atoms with Crippen molar-refractivity contribution < 1.29 is 14.4 Å². The zero-order chi connectivity index (χ0) is 17.6. The number of aromatic nitrogens is 3. The quantitative estimate of drug-likeness (QED) is 0.753. The molecule has 4 rings (SSSR count). The van der Waals surface area contributed by atoms with Crippen molar-refractivity contribution in [3.63, 3.8) is 0 Å². The van der Waals surface area contributed by atoms with Gasteiger partial charge in [0.1, 0.15) is 16.5 Å². The monoisotopic (exact) mass is 361 g/mol. The molecule has 3 aromatic rings. The second kappa shape index (κ2) is 6.38. The fraction of sp³-hybridized carbons (Fsp3) is 0.444. The fourth-order valence-corrected chi connectivity index (χ4v) is 5.04. The highest BCUT2D eigenvalue weighted by Gasteiger charge is 2.35. The summed E-state index contributed by atoms with van der Waals surface area (Å²) in [6.07, 6.45) is 2.40. The van der Waals surface area contributed by atoms with Crippen molar-refractivity contribution in [3.05, 3.63) is 46.3 Å². The summed E-state index contributed by atoms with van der Waals surface area (Å²) < 4.78 is 14.9. The maximum absolute atomic E-state index is 13.4. The van der Waals surface area contributed by atoms with E-state index < -0.39 is 0 Å². The van der Waals surface area contributed by atoms with Crippen LogP contribution < -0.4 is 4.90 Å². The van der Waals surface area contributed by atoms with Crippen LogP contribution in [0.25, 0.3) is 4.96 Å². The number of rotatable bonds is 3. The van der Waals surface area contributed by atoms with Gasteiger partial charge in [-0.15, -0.1) is 5.10 Å². The lowest BCUT2D eigenvalue weighted by Crippen LogP contribution is -3.13. The van der Waals surface area contributed by atoms with Gasteiger partial charge in [0.15, 0.2) is 6.04 Å². The number of aromatic hydroxyl groups is 1. The van der Waals surface area contributed by atoms with Gasteiger partial charge < -0.3 is 10.0 Å². The molecule has 1 unspecified atom stereocenters. The molecule has 25 heavy (non-hydrogen) atoms. The minimum Gasteiger partial charge on any atom is -0.492 e. The van der Waals surface area contributed by atoms with Crippen LogP contribution in [0.4, 0.5) is 4.39 Å². The lowest BCUT2D eigenvalue weighted by molar-refractivity contribution is -0.933. The molecule has 132 valence electrons. The number of halogens is 1. The summed E-state index contributed by atoms with van der Waals surface area (Å²) in [5, 5.41) is 15.0. The lowest BCUT2D eigenvalue weighted by Gasteiger charge is -2.34. The van der Waals surface area contributed by atoms with E-state index in [1.54, 1.807) is 0 Å². The first-order valence-corrected chi connectivity index (χ1v) is 9.49.